The molecule has 178 valence electrons. The predicted molar refractivity (Wildman–Crippen MR) is 128 cm³/mol. The Kier molecular flexibility index (Phi) is 6.50. The summed E-state index contributed by atoms with van der Waals surface area (Å²) in [6.45, 7) is 3.86. The molecule has 0 atom stereocenters. The molecule has 34 heavy (non-hydrogen) atoms. The van der Waals surface area contributed by atoms with Crippen LogP contribution in [0.1, 0.15) is 30.7 Å². The van der Waals surface area contributed by atoms with Crippen molar-refractivity contribution in [3.63, 3.8) is 0 Å². The summed E-state index contributed by atoms with van der Waals surface area (Å²) in [6, 6.07) is 7.52. The number of piperidine rings is 1. The minimum Gasteiger partial charge on any atom is -0.481 e. The summed E-state index contributed by atoms with van der Waals surface area (Å²) >= 11 is 0. The van der Waals surface area contributed by atoms with Gasteiger partial charge in [-0.25, -0.2) is 9.97 Å². The van der Waals surface area contributed by atoms with E-state index in [0.717, 1.165) is 43.4 Å². The zero-order valence-electron chi connectivity index (χ0n) is 19.3. The quantitative estimate of drug-likeness (QED) is 0.540. The van der Waals surface area contributed by atoms with E-state index in [1.807, 2.05) is 12.3 Å². The molecule has 1 saturated heterocycles. The van der Waals surface area contributed by atoms with Crippen LogP contribution in [0, 0.1) is 0 Å². The van der Waals surface area contributed by atoms with Gasteiger partial charge in [-0.15, -0.1) is 0 Å². The Morgan fingerprint density at radius 1 is 1.09 bits per heavy atom. The molecule has 1 amide bonds. The lowest BCUT2D eigenvalue weighted by molar-refractivity contribution is -0.116. The highest BCUT2D eigenvalue weighted by Gasteiger charge is 2.21. The van der Waals surface area contributed by atoms with Crippen LogP contribution in [0.15, 0.2) is 35.3 Å². The lowest BCUT2D eigenvalue weighted by atomic mass is 10.1. The molecule has 3 aromatic heterocycles. The van der Waals surface area contributed by atoms with Gasteiger partial charge in [-0.2, -0.15) is 4.98 Å². The molecule has 0 spiro atoms. The molecule has 2 aliphatic heterocycles. The monoisotopic (exact) mass is 463 g/mol. The molecule has 0 aliphatic carbocycles. The molecular formula is C24H29N7O3. The number of aromatic nitrogens is 4. The van der Waals surface area contributed by atoms with Crippen LogP contribution >= 0.6 is 0 Å². The molecular weight excluding hydrogens is 434 g/mol. The molecule has 5 heterocycles. The molecule has 0 unspecified atom stereocenters. The number of likely N-dealkylation sites (tertiary alicyclic amines) is 1. The first-order chi connectivity index (χ1) is 16.6. The summed E-state index contributed by atoms with van der Waals surface area (Å²) < 4.78 is 6.97. The number of nitrogens with one attached hydrogen (secondary N) is 2. The number of ether oxygens (including phenoxy) is 1. The third-order valence-corrected chi connectivity index (χ3v) is 6.59. The minimum absolute atomic E-state index is 0.0122. The maximum Gasteiger partial charge on any atom is 0.252 e. The number of carbonyl (C=O) groups is 1. The predicted octanol–water partition coefficient (Wildman–Crippen LogP) is 1.33. The van der Waals surface area contributed by atoms with E-state index in [4.69, 9.17) is 4.74 Å². The standard InChI is InChI=1S/C24H29N7O3/c1-34-21-6-3-16-4-7-22(33)31(24(16)29-21)13-12-30-10-8-18(9-11-30)25-15-19-26-14-17-2-5-20(32)28-23(17)27-19/h3-4,6-7,14,18,25H,2,5,8-13,15H2,1H3,(H,26,27,28,32). The fraction of sp³-hybridized carbons (Fsp3) is 0.458. The van der Waals surface area contributed by atoms with Gasteiger partial charge >= 0.3 is 0 Å². The number of hydrogen-bond donors (Lipinski definition) is 2. The number of nitrogens with zero attached hydrogens (tertiary/aromatic N) is 5. The number of carbonyl (C=O) groups excluding carboxylic acids is 1. The Hall–Kier alpha value is -3.37. The van der Waals surface area contributed by atoms with Crippen molar-refractivity contribution in [1.29, 1.82) is 0 Å². The summed E-state index contributed by atoms with van der Waals surface area (Å²) in [5, 5.41) is 7.31. The molecule has 0 saturated carbocycles. The largest absolute Gasteiger partial charge is 0.481 e. The van der Waals surface area contributed by atoms with E-state index >= 15 is 0 Å². The lowest BCUT2D eigenvalue weighted by Crippen LogP contribution is -2.43. The van der Waals surface area contributed by atoms with Gasteiger partial charge in [-0.3, -0.25) is 14.2 Å². The molecule has 2 N–H and O–H groups in total. The van der Waals surface area contributed by atoms with Gasteiger partial charge in [0.25, 0.3) is 5.56 Å². The van der Waals surface area contributed by atoms with E-state index in [1.165, 1.54) is 0 Å². The second-order valence-corrected chi connectivity index (χ2v) is 8.79. The van der Waals surface area contributed by atoms with E-state index < -0.39 is 0 Å². The van der Waals surface area contributed by atoms with Crippen LogP contribution in [0.2, 0.25) is 0 Å². The number of aryl methyl sites for hydroxylation is 1. The van der Waals surface area contributed by atoms with E-state index in [9.17, 15) is 9.59 Å². The van der Waals surface area contributed by atoms with Gasteiger partial charge in [-0.1, -0.05) is 0 Å². The first kappa shape index (κ1) is 22.4. The Balaban J connectivity index is 1.13. The fourth-order valence-corrected chi connectivity index (χ4v) is 4.57. The number of rotatable bonds is 7. The first-order valence-corrected chi connectivity index (χ1v) is 11.7. The van der Waals surface area contributed by atoms with Crippen molar-refractivity contribution in [2.24, 2.45) is 0 Å². The van der Waals surface area contributed by atoms with Gasteiger partial charge in [0.1, 0.15) is 17.3 Å². The molecule has 5 rings (SSSR count). The molecule has 3 aromatic rings. The highest BCUT2D eigenvalue weighted by molar-refractivity contribution is 5.92. The SMILES string of the molecule is COc1ccc2ccc(=O)n(CCN3CCC(NCc4ncc5c(n4)NC(=O)CC5)CC3)c2n1. The normalized spacial score (nSPS) is 16.9. The van der Waals surface area contributed by atoms with E-state index in [0.29, 0.717) is 55.1 Å². The van der Waals surface area contributed by atoms with Gasteiger partial charge in [0, 0.05) is 54.8 Å². The number of hydrogen-bond acceptors (Lipinski definition) is 8. The molecule has 0 bridgehead atoms. The van der Waals surface area contributed by atoms with Gasteiger partial charge in [0.2, 0.25) is 11.8 Å². The topological polar surface area (TPSA) is 114 Å². The van der Waals surface area contributed by atoms with Crippen LogP contribution in [0.3, 0.4) is 0 Å². The zero-order chi connectivity index (χ0) is 23.5. The molecule has 10 nitrogen and oxygen atoms in total. The first-order valence-electron chi connectivity index (χ1n) is 11.7. The summed E-state index contributed by atoms with van der Waals surface area (Å²) in [7, 11) is 1.58. The van der Waals surface area contributed by atoms with Crippen molar-refractivity contribution >= 4 is 22.8 Å². The average Bonchev–Trinajstić information content (AvgIpc) is 2.87. The van der Waals surface area contributed by atoms with E-state index in [-0.39, 0.29) is 11.5 Å². The zero-order valence-corrected chi connectivity index (χ0v) is 19.3. The van der Waals surface area contributed by atoms with Crippen LogP contribution < -0.4 is 20.9 Å². The highest BCUT2D eigenvalue weighted by atomic mass is 16.5. The fourth-order valence-electron chi connectivity index (χ4n) is 4.57. The van der Waals surface area contributed by atoms with Crippen LogP contribution in [0.5, 0.6) is 5.88 Å². The van der Waals surface area contributed by atoms with Crippen molar-refractivity contribution in [3.8, 4) is 5.88 Å². The maximum atomic E-state index is 12.5. The van der Waals surface area contributed by atoms with Crippen molar-refractivity contribution in [1.82, 2.24) is 29.7 Å². The maximum absolute atomic E-state index is 12.5. The van der Waals surface area contributed by atoms with Gasteiger partial charge in [0.15, 0.2) is 0 Å². The van der Waals surface area contributed by atoms with Crippen molar-refractivity contribution in [2.75, 3.05) is 32.1 Å². The highest BCUT2D eigenvalue weighted by Crippen LogP contribution is 2.19. The van der Waals surface area contributed by atoms with Crippen molar-refractivity contribution in [3.05, 3.63) is 52.2 Å². The second-order valence-electron chi connectivity index (χ2n) is 8.79. The van der Waals surface area contributed by atoms with Gasteiger partial charge < -0.3 is 20.3 Å². The number of fused-ring (bicyclic) bond motifs is 2. The average molecular weight is 464 g/mol. The van der Waals surface area contributed by atoms with E-state index in [2.05, 4.69) is 30.5 Å². The third-order valence-electron chi connectivity index (χ3n) is 6.59. The summed E-state index contributed by atoms with van der Waals surface area (Å²) in [5.41, 5.74) is 1.60. The smallest absolute Gasteiger partial charge is 0.252 e. The Labute approximate surface area is 197 Å². The minimum atomic E-state index is -0.0500. The lowest BCUT2D eigenvalue weighted by Gasteiger charge is -2.32. The van der Waals surface area contributed by atoms with E-state index in [1.54, 1.807) is 29.9 Å². The number of methoxy groups -OCH3 is 1. The van der Waals surface area contributed by atoms with Crippen molar-refractivity contribution < 1.29 is 9.53 Å². The Bertz CT molecular complexity index is 1250. The molecule has 1 fully saturated rings. The number of amides is 1. The Morgan fingerprint density at radius 2 is 1.91 bits per heavy atom. The van der Waals surface area contributed by atoms with Crippen molar-refractivity contribution in [2.45, 2.75) is 44.8 Å². The summed E-state index contributed by atoms with van der Waals surface area (Å²) in [4.78, 5) is 39.9. The van der Waals surface area contributed by atoms with Gasteiger partial charge in [0.05, 0.1) is 13.7 Å². The molecule has 10 heteroatoms. The summed E-state index contributed by atoms with van der Waals surface area (Å²) in [5.74, 6) is 1.86. The molecule has 2 aliphatic rings. The Morgan fingerprint density at radius 3 is 2.74 bits per heavy atom. The number of pyridine rings is 2. The molecule has 0 aromatic carbocycles. The molecule has 0 radical (unpaired) electrons. The number of anilines is 1. The third kappa shape index (κ3) is 4.92. The van der Waals surface area contributed by atoms with Crippen LogP contribution in [0.4, 0.5) is 5.82 Å². The second kappa shape index (κ2) is 9.86. The van der Waals surface area contributed by atoms with Gasteiger partial charge in [-0.05, 0) is 44.5 Å². The van der Waals surface area contributed by atoms with Crippen LogP contribution in [-0.4, -0.2) is 63.1 Å². The van der Waals surface area contributed by atoms with Crippen LogP contribution in [-0.2, 0) is 24.3 Å². The summed E-state index contributed by atoms with van der Waals surface area (Å²) in [6.07, 6.45) is 5.03. The van der Waals surface area contributed by atoms with Crippen LogP contribution in [0.25, 0.3) is 11.0 Å².